The van der Waals surface area contributed by atoms with Crippen LogP contribution in [0.25, 0.3) is 0 Å². The molecule has 2 atom stereocenters. The maximum absolute atomic E-state index is 6.10. The van der Waals surface area contributed by atoms with E-state index in [1.165, 1.54) is 0 Å². The highest BCUT2D eigenvalue weighted by Crippen LogP contribution is 2.41. The Kier molecular flexibility index (Phi) is 2.52. The zero-order chi connectivity index (χ0) is 13.6. The molecule has 2 aromatic carbocycles. The lowest BCUT2D eigenvalue weighted by molar-refractivity contribution is 0.149. The van der Waals surface area contributed by atoms with Crippen LogP contribution in [0.5, 0.6) is 11.5 Å². The maximum atomic E-state index is 6.10. The van der Waals surface area contributed by atoms with Gasteiger partial charge in [0.05, 0.1) is 6.10 Å². The highest BCUT2D eigenvalue weighted by atomic mass is 16.8. The van der Waals surface area contributed by atoms with Crippen LogP contribution in [0.2, 0.25) is 0 Å². The molecule has 2 aliphatic rings. The molecular formula is C15H15BNO3-. The number of nitrogens with one attached hydrogen (secondary N) is 1. The van der Waals surface area contributed by atoms with Crippen molar-refractivity contribution in [3.63, 3.8) is 0 Å². The number of rotatable bonds is 1. The van der Waals surface area contributed by atoms with Crippen molar-refractivity contribution >= 4 is 6.89 Å². The second-order valence-electron chi connectivity index (χ2n) is 5.25. The van der Waals surface area contributed by atoms with E-state index in [1.807, 2.05) is 42.5 Å². The molecule has 0 radical (unpaired) electrons. The first-order valence-corrected chi connectivity index (χ1v) is 6.87. The van der Waals surface area contributed by atoms with Gasteiger partial charge in [-0.2, -0.15) is 0 Å². The first kappa shape index (κ1) is 11.8. The van der Waals surface area contributed by atoms with Gasteiger partial charge in [0.15, 0.2) is 0 Å². The topological polar surface area (TPSA) is 39.7 Å². The van der Waals surface area contributed by atoms with Crippen molar-refractivity contribution in [2.75, 3.05) is 0 Å². The third-order valence-corrected chi connectivity index (χ3v) is 3.79. The molecule has 1 spiro atoms. The fraction of sp³-hybridized carbons (Fsp3) is 0.200. The molecule has 20 heavy (non-hydrogen) atoms. The summed E-state index contributed by atoms with van der Waals surface area (Å²) in [6, 6.07) is 17.9. The quantitative estimate of drug-likeness (QED) is 0.807. The number of para-hydroxylation sites is 2. The van der Waals surface area contributed by atoms with Crippen molar-refractivity contribution in [2.24, 2.45) is 0 Å². The van der Waals surface area contributed by atoms with E-state index < -0.39 is 6.89 Å². The Morgan fingerprint density at radius 2 is 1.50 bits per heavy atom. The number of hydrogen-bond acceptors (Lipinski definition) is 4. The molecule has 5 heteroatoms. The van der Waals surface area contributed by atoms with Gasteiger partial charge in [-0.05, 0) is 17.7 Å². The van der Waals surface area contributed by atoms with Crippen molar-refractivity contribution in [3.8, 4) is 11.5 Å². The van der Waals surface area contributed by atoms with Gasteiger partial charge in [0.2, 0.25) is 0 Å². The van der Waals surface area contributed by atoms with Crippen molar-refractivity contribution < 1.29 is 14.0 Å². The normalized spacial score (nSPS) is 26.1. The summed E-state index contributed by atoms with van der Waals surface area (Å²) in [5.41, 5.74) is 1.12. The SMILES string of the molecule is C[C@@H]1N[B-]2(Oc3ccccc3O2)O[C@@H]1c1ccccc1. The summed E-state index contributed by atoms with van der Waals surface area (Å²) in [6.45, 7) is 0.136. The van der Waals surface area contributed by atoms with E-state index in [0.29, 0.717) is 0 Å². The molecule has 0 amide bonds. The van der Waals surface area contributed by atoms with Crippen molar-refractivity contribution in [1.29, 1.82) is 0 Å². The Labute approximate surface area is 117 Å². The Morgan fingerprint density at radius 3 is 2.15 bits per heavy atom. The largest absolute Gasteiger partial charge is 0.643 e. The molecule has 0 saturated carbocycles. The van der Waals surface area contributed by atoms with Crippen molar-refractivity contribution in [1.82, 2.24) is 5.23 Å². The van der Waals surface area contributed by atoms with Crippen LogP contribution in [-0.2, 0) is 4.65 Å². The molecule has 1 saturated heterocycles. The van der Waals surface area contributed by atoms with E-state index in [4.69, 9.17) is 14.0 Å². The average molecular weight is 268 g/mol. The summed E-state index contributed by atoms with van der Waals surface area (Å²) in [5.74, 6) is 1.45. The molecule has 0 unspecified atom stereocenters. The van der Waals surface area contributed by atoms with Crippen LogP contribution in [0.1, 0.15) is 18.6 Å². The van der Waals surface area contributed by atoms with Gasteiger partial charge in [-0.25, -0.2) is 0 Å². The Morgan fingerprint density at radius 1 is 0.900 bits per heavy atom. The predicted octanol–water partition coefficient (Wildman–Crippen LogP) is 2.64. The molecule has 0 aliphatic carbocycles. The van der Waals surface area contributed by atoms with E-state index >= 15 is 0 Å². The molecule has 4 rings (SSSR count). The van der Waals surface area contributed by atoms with Gasteiger partial charge in [0.1, 0.15) is 11.5 Å². The molecular weight excluding hydrogens is 253 g/mol. The van der Waals surface area contributed by atoms with Crippen molar-refractivity contribution in [3.05, 3.63) is 60.2 Å². The van der Waals surface area contributed by atoms with Crippen LogP contribution >= 0.6 is 0 Å². The molecule has 2 aliphatic heterocycles. The minimum Gasteiger partial charge on any atom is -0.643 e. The molecule has 0 bridgehead atoms. The second kappa shape index (κ2) is 4.26. The van der Waals surface area contributed by atoms with Crippen LogP contribution in [0.4, 0.5) is 0 Å². The van der Waals surface area contributed by atoms with Gasteiger partial charge in [-0.15, -0.1) is 0 Å². The first-order chi connectivity index (χ1) is 9.76. The summed E-state index contributed by atoms with van der Waals surface area (Å²) >= 11 is 0. The summed E-state index contributed by atoms with van der Waals surface area (Å²) < 4.78 is 17.9. The highest BCUT2D eigenvalue weighted by molar-refractivity contribution is 6.61. The van der Waals surface area contributed by atoms with Crippen LogP contribution in [0, 0.1) is 0 Å². The van der Waals surface area contributed by atoms with E-state index in [2.05, 4.69) is 24.3 Å². The lowest BCUT2D eigenvalue weighted by atomic mass is 9.99. The lowest BCUT2D eigenvalue weighted by Crippen LogP contribution is -2.57. The van der Waals surface area contributed by atoms with Gasteiger partial charge >= 0.3 is 6.89 Å². The van der Waals surface area contributed by atoms with Crippen LogP contribution in [0.15, 0.2) is 54.6 Å². The van der Waals surface area contributed by atoms with Gasteiger partial charge in [0, 0.05) is 6.04 Å². The Hall–Kier alpha value is -1.98. The van der Waals surface area contributed by atoms with Crippen LogP contribution in [-0.4, -0.2) is 12.9 Å². The average Bonchev–Trinajstić information content (AvgIpc) is 2.99. The van der Waals surface area contributed by atoms with Gasteiger partial charge in [0.25, 0.3) is 0 Å². The first-order valence-electron chi connectivity index (χ1n) is 6.87. The summed E-state index contributed by atoms with van der Waals surface area (Å²) in [4.78, 5) is 0. The molecule has 102 valence electrons. The minimum absolute atomic E-state index is 0.0782. The molecule has 1 N–H and O–H groups in total. The number of benzene rings is 2. The van der Waals surface area contributed by atoms with E-state index in [9.17, 15) is 0 Å². The monoisotopic (exact) mass is 268 g/mol. The zero-order valence-electron chi connectivity index (χ0n) is 11.2. The summed E-state index contributed by atoms with van der Waals surface area (Å²) in [6.07, 6.45) is -0.0782. The highest BCUT2D eigenvalue weighted by Gasteiger charge is 2.49. The second-order valence-corrected chi connectivity index (χ2v) is 5.25. The van der Waals surface area contributed by atoms with Crippen molar-refractivity contribution in [2.45, 2.75) is 19.1 Å². The minimum atomic E-state index is -1.94. The van der Waals surface area contributed by atoms with E-state index in [0.717, 1.165) is 17.1 Å². The Balaban J connectivity index is 1.62. The third-order valence-electron chi connectivity index (χ3n) is 3.79. The Bertz CT molecular complexity index is 609. The third kappa shape index (κ3) is 1.78. The van der Waals surface area contributed by atoms with Gasteiger partial charge in [-0.3, -0.25) is 0 Å². The van der Waals surface area contributed by atoms with Gasteiger partial charge < -0.3 is 19.2 Å². The lowest BCUT2D eigenvalue weighted by Gasteiger charge is -2.30. The maximum Gasteiger partial charge on any atom is 0.579 e. The number of hydrogen-bond donors (Lipinski definition) is 1. The fourth-order valence-corrected chi connectivity index (χ4v) is 2.90. The summed E-state index contributed by atoms with van der Waals surface area (Å²) in [7, 11) is 0. The van der Waals surface area contributed by atoms with E-state index in [1.54, 1.807) is 0 Å². The standard InChI is InChI=1S/C15H15BNO3/c1-11-15(12-7-3-2-4-8-12)20-16(17-11)18-13-9-5-6-10-14(13)19-16/h2-11,15,17H,1H3/q-1/t11-,15-/m0/s1. The number of fused-ring (bicyclic) bond motifs is 1. The van der Waals surface area contributed by atoms with E-state index in [-0.39, 0.29) is 12.1 Å². The molecule has 2 heterocycles. The molecule has 4 nitrogen and oxygen atoms in total. The van der Waals surface area contributed by atoms with Crippen LogP contribution < -0.4 is 14.5 Å². The summed E-state index contributed by atoms with van der Waals surface area (Å²) in [5, 5.41) is 3.32. The van der Waals surface area contributed by atoms with Crippen LogP contribution in [0.3, 0.4) is 0 Å². The molecule has 2 aromatic rings. The predicted molar refractivity (Wildman–Crippen MR) is 76.3 cm³/mol. The molecule has 0 aromatic heterocycles. The molecule has 1 fully saturated rings. The smallest absolute Gasteiger partial charge is 0.579 e. The fourth-order valence-electron chi connectivity index (χ4n) is 2.90. The zero-order valence-corrected chi connectivity index (χ0v) is 11.2. The van der Waals surface area contributed by atoms with Gasteiger partial charge in [-0.1, -0.05) is 49.4 Å².